The maximum Gasteiger partial charge on any atom is 0.282 e. The zero-order valence-electron chi connectivity index (χ0n) is 10.1. The van der Waals surface area contributed by atoms with Crippen molar-refractivity contribution in [2.45, 2.75) is 13.3 Å². The van der Waals surface area contributed by atoms with Crippen molar-refractivity contribution >= 4 is 23.2 Å². The molecule has 1 aromatic rings. The highest BCUT2D eigenvalue weighted by molar-refractivity contribution is 6.17. The third-order valence-electron chi connectivity index (χ3n) is 2.56. The van der Waals surface area contributed by atoms with E-state index in [0.717, 1.165) is 0 Å². The van der Waals surface area contributed by atoms with Gasteiger partial charge >= 0.3 is 0 Å². The average Bonchev–Trinajstić information content (AvgIpc) is 2.39. The first-order valence-electron chi connectivity index (χ1n) is 5.70. The van der Waals surface area contributed by atoms with Gasteiger partial charge in [0, 0.05) is 25.0 Å². The first kappa shape index (κ1) is 14.4. The number of nitro groups is 1. The highest BCUT2D eigenvalue weighted by Crippen LogP contribution is 2.19. The molecule has 1 amide bonds. The highest BCUT2D eigenvalue weighted by atomic mass is 35.5. The molecule has 0 saturated carbocycles. The number of halogens is 1. The highest BCUT2D eigenvalue weighted by Gasteiger charge is 2.22. The molecule has 0 atom stereocenters. The van der Waals surface area contributed by atoms with Crippen LogP contribution in [0.25, 0.3) is 0 Å². The Kier molecular flexibility index (Phi) is 5.58. The molecule has 1 rings (SSSR count). The molecule has 6 heteroatoms. The van der Waals surface area contributed by atoms with E-state index in [1.54, 1.807) is 17.0 Å². The fourth-order valence-corrected chi connectivity index (χ4v) is 1.76. The smallest absolute Gasteiger partial charge is 0.282 e. The lowest BCUT2D eigenvalue weighted by Gasteiger charge is -2.20. The van der Waals surface area contributed by atoms with Crippen LogP contribution < -0.4 is 0 Å². The number of hydrogen-bond acceptors (Lipinski definition) is 3. The molecule has 1 aromatic carbocycles. The molecule has 0 aliphatic rings. The second-order valence-electron chi connectivity index (χ2n) is 3.70. The summed E-state index contributed by atoms with van der Waals surface area (Å²) in [6.45, 7) is 2.84. The van der Waals surface area contributed by atoms with E-state index in [-0.39, 0.29) is 17.2 Å². The minimum Gasteiger partial charge on any atom is -0.339 e. The lowest BCUT2D eigenvalue weighted by Crippen LogP contribution is -2.32. The second-order valence-corrected chi connectivity index (χ2v) is 4.08. The monoisotopic (exact) mass is 270 g/mol. The van der Waals surface area contributed by atoms with Crippen LogP contribution in [0.15, 0.2) is 24.3 Å². The van der Waals surface area contributed by atoms with E-state index in [9.17, 15) is 14.9 Å². The van der Waals surface area contributed by atoms with E-state index in [1.807, 2.05) is 6.92 Å². The van der Waals surface area contributed by atoms with Gasteiger partial charge in [0.2, 0.25) is 0 Å². The quantitative estimate of drug-likeness (QED) is 0.453. The summed E-state index contributed by atoms with van der Waals surface area (Å²) in [5.74, 6) is 0.135. The van der Waals surface area contributed by atoms with Crippen molar-refractivity contribution in [3.63, 3.8) is 0 Å². The minimum absolute atomic E-state index is 0.124. The number of benzene rings is 1. The molecule has 0 unspecified atom stereocenters. The Morgan fingerprint density at radius 1 is 1.44 bits per heavy atom. The van der Waals surface area contributed by atoms with Crippen LogP contribution in [0, 0.1) is 10.1 Å². The van der Waals surface area contributed by atoms with Gasteiger partial charge in [0.05, 0.1) is 4.92 Å². The maximum absolute atomic E-state index is 12.2. The van der Waals surface area contributed by atoms with Crippen LogP contribution in [-0.2, 0) is 0 Å². The molecule has 5 nitrogen and oxygen atoms in total. The third kappa shape index (κ3) is 3.43. The molecule has 0 aromatic heterocycles. The van der Waals surface area contributed by atoms with Gasteiger partial charge in [0.25, 0.3) is 11.6 Å². The SMILES string of the molecule is CCN(CCCCl)C(=O)c1ccccc1[N+](=O)[O-]. The zero-order chi connectivity index (χ0) is 13.5. The summed E-state index contributed by atoms with van der Waals surface area (Å²) in [7, 11) is 0. The van der Waals surface area contributed by atoms with Crippen LogP contribution in [-0.4, -0.2) is 34.7 Å². The number of hydrogen-bond donors (Lipinski definition) is 0. The molecule has 0 bridgehead atoms. The van der Waals surface area contributed by atoms with Gasteiger partial charge in [-0.1, -0.05) is 12.1 Å². The Labute approximate surface area is 110 Å². The summed E-state index contributed by atoms with van der Waals surface area (Å²) in [6, 6.07) is 5.98. The van der Waals surface area contributed by atoms with Gasteiger partial charge in [-0.3, -0.25) is 14.9 Å². The van der Waals surface area contributed by atoms with Crippen LogP contribution in [0.2, 0.25) is 0 Å². The Morgan fingerprint density at radius 3 is 2.67 bits per heavy atom. The lowest BCUT2D eigenvalue weighted by molar-refractivity contribution is -0.385. The molecule has 0 aliphatic carbocycles. The van der Waals surface area contributed by atoms with Crippen molar-refractivity contribution in [1.29, 1.82) is 0 Å². The molecule has 0 aliphatic heterocycles. The topological polar surface area (TPSA) is 63.5 Å². The normalized spacial score (nSPS) is 10.1. The molecular weight excluding hydrogens is 256 g/mol. The van der Waals surface area contributed by atoms with E-state index < -0.39 is 4.92 Å². The fraction of sp³-hybridized carbons (Fsp3) is 0.417. The number of rotatable bonds is 6. The van der Waals surface area contributed by atoms with Gasteiger partial charge in [-0.25, -0.2) is 0 Å². The van der Waals surface area contributed by atoms with Gasteiger partial charge in [0.1, 0.15) is 5.56 Å². The number of nitrogens with zero attached hydrogens (tertiary/aromatic N) is 2. The van der Waals surface area contributed by atoms with Crippen molar-refractivity contribution in [3.05, 3.63) is 39.9 Å². The van der Waals surface area contributed by atoms with E-state index >= 15 is 0 Å². The number of nitro benzene ring substituents is 1. The lowest BCUT2D eigenvalue weighted by atomic mass is 10.1. The summed E-state index contributed by atoms with van der Waals surface area (Å²) < 4.78 is 0. The number of carbonyl (C=O) groups excluding carboxylic acids is 1. The number of alkyl halides is 1. The number of amides is 1. The van der Waals surface area contributed by atoms with Crippen molar-refractivity contribution in [1.82, 2.24) is 4.90 Å². The van der Waals surface area contributed by atoms with E-state index in [0.29, 0.717) is 25.4 Å². The predicted octanol–water partition coefficient (Wildman–Crippen LogP) is 2.69. The largest absolute Gasteiger partial charge is 0.339 e. The fourth-order valence-electron chi connectivity index (χ4n) is 1.64. The maximum atomic E-state index is 12.2. The molecule has 0 heterocycles. The first-order valence-corrected chi connectivity index (χ1v) is 6.24. The van der Waals surface area contributed by atoms with Gasteiger partial charge in [0.15, 0.2) is 0 Å². The van der Waals surface area contributed by atoms with E-state index in [4.69, 9.17) is 11.6 Å². The van der Waals surface area contributed by atoms with Crippen LogP contribution in [0.5, 0.6) is 0 Å². The third-order valence-corrected chi connectivity index (χ3v) is 2.83. The summed E-state index contributed by atoms with van der Waals surface area (Å²) in [4.78, 5) is 24.1. The van der Waals surface area contributed by atoms with Gasteiger partial charge in [-0.2, -0.15) is 0 Å². The Hall–Kier alpha value is -1.62. The number of para-hydroxylation sites is 1. The van der Waals surface area contributed by atoms with Gasteiger partial charge in [-0.05, 0) is 19.4 Å². The molecule has 0 N–H and O–H groups in total. The summed E-state index contributed by atoms with van der Waals surface area (Å²) in [6.07, 6.45) is 0.668. The predicted molar refractivity (Wildman–Crippen MR) is 70.0 cm³/mol. The van der Waals surface area contributed by atoms with Crippen LogP contribution in [0.3, 0.4) is 0 Å². The Bertz CT molecular complexity index is 437. The average molecular weight is 271 g/mol. The Balaban J connectivity index is 2.98. The summed E-state index contributed by atoms with van der Waals surface area (Å²) >= 11 is 5.59. The molecule has 98 valence electrons. The molecule has 0 fully saturated rings. The minimum atomic E-state index is -0.539. The molecular formula is C12H15ClN2O3. The van der Waals surface area contributed by atoms with Crippen LogP contribution in [0.1, 0.15) is 23.7 Å². The summed E-state index contributed by atoms with van der Waals surface area (Å²) in [5.41, 5.74) is -0.0363. The van der Waals surface area contributed by atoms with Crippen LogP contribution in [0.4, 0.5) is 5.69 Å². The zero-order valence-corrected chi connectivity index (χ0v) is 10.9. The van der Waals surface area contributed by atoms with Crippen molar-refractivity contribution in [2.75, 3.05) is 19.0 Å². The van der Waals surface area contributed by atoms with Gasteiger partial charge < -0.3 is 4.90 Å². The first-order chi connectivity index (χ1) is 8.61. The molecule has 0 radical (unpaired) electrons. The number of carbonyl (C=O) groups is 1. The van der Waals surface area contributed by atoms with Crippen molar-refractivity contribution in [3.8, 4) is 0 Å². The Morgan fingerprint density at radius 2 is 2.11 bits per heavy atom. The second kappa shape index (κ2) is 6.96. The molecule has 0 saturated heterocycles. The van der Waals surface area contributed by atoms with Crippen LogP contribution >= 0.6 is 11.6 Å². The standard InChI is InChI=1S/C12H15ClN2O3/c1-2-14(9-5-8-13)12(16)10-6-3-4-7-11(10)15(17)18/h3-4,6-7H,2,5,8-9H2,1H3. The molecule has 18 heavy (non-hydrogen) atoms. The van der Waals surface area contributed by atoms with Crippen molar-refractivity contribution in [2.24, 2.45) is 0 Å². The van der Waals surface area contributed by atoms with Crippen molar-refractivity contribution < 1.29 is 9.72 Å². The van der Waals surface area contributed by atoms with E-state index in [2.05, 4.69) is 0 Å². The van der Waals surface area contributed by atoms with Gasteiger partial charge in [-0.15, -0.1) is 11.6 Å². The van der Waals surface area contributed by atoms with E-state index in [1.165, 1.54) is 12.1 Å². The summed E-state index contributed by atoms with van der Waals surface area (Å²) in [5, 5.41) is 10.9. The molecule has 0 spiro atoms.